The number of rotatable bonds is 3. The fraction of sp³-hybridized carbons (Fsp3) is 0.600. The van der Waals surface area contributed by atoms with Gasteiger partial charge in [0.15, 0.2) is 0 Å². The van der Waals surface area contributed by atoms with Gasteiger partial charge in [-0.2, -0.15) is 0 Å². The van der Waals surface area contributed by atoms with Crippen LogP contribution in [0.25, 0.3) is 0 Å². The van der Waals surface area contributed by atoms with Crippen molar-refractivity contribution < 1.29 is 5.11 Å². The van der Waals surface area contributed by atoms with Crippen LogP contribution < -0.4 is 0 Å². The molecule has 0 bridgehead atoms. The van der Waals surface area contributed by atoms with Gasteiger partial charge in [0.05, 0.1) is 0 Å². The first-order chi connectivity index (χ1) is 7.29. The van der Waals surface area contributed by atoms with Gasteiger partial charge in [-0.05, 0) is 47.4 Å². The molecule has 0 atom stereocenters. The largest absolute Gasteiger partial charge is 0.508 e. The lowest BCUT2D eigenvalue weighted by molar-refractivity contribution is 0.459. The van der Waals surface area contributed by atoms with Crippen LogP contribution in [0.15, 0.2) is 12.1 Å². The lowest BCUT2D eigenvalue weighted by Gasteiger charge is -2.27. The van der Waals surface area contributed by atoms with Gasteiger partial charge in [-0.15, -0.1) is 0 Å². The maximum absolute atomic E-state index is 9.92. The summed E-state index contributed by atoms with van der Waals surface area (Å²) in [5, 5.41) is 9.92. The minimum atomic E-state index is 0.182. The summed E-state index contributed by atoms with van der Waals surface area (Å²) < 4.78 is 0. The predicted octanol–water partition coefficient (Wildman–Crippen LogP) is 4.51. The van der Waals surface area contributed by atoms with Crippen molar-refractivity contribution in [3.05, 3.63) is 28.8 Å². The predicted molar refractivity (Wildman–Crippen MR) is 70.2 cm³/mol. The van der Waals surface area contributed by atoms with Crippen LogP contribution in [0.1, 0.15) is 63.6 Å². The molecule has 1 rings (SSSR count). The third-order valence-electron chi connectivity index (χ3n) is 3.61. The van der Waals surface area contributed by atoms with E-state index in [1.807, 2.05) is 6.07 Å². The van der Waals surface area contributed by atoms with Crippen molar-refractivity contribution in [2.75, 3.05) is 0 Å². The molecule has 0 aliphatic rings. The Morgan fingerprint density at radius 1 is 1.25 bits per heavy atom. The van der Waals surface area contributed by atoms with Crippen molar-refractivity contribution in [1.29, 1.82) is 0 Å². The average Bonchev–Trinajstić information content (AvgIpc) is 2.16. The highest BCUT2D eigenvalue weighted by Crippen LogP contribution is 2.35. The number of benzene rings is 1. The second-order valence-corrected chi connectivity index (χ2v) is 5.62. The number of hydrogen-bond donors (Lipinski definition) is 1. The van der Waals surface area contributed by atoms with Gasteiger partial charge in [0.25, 0.3) is 0 Å². The smallest absolute Gasteiger partial charge is 0.119 e. The van der Waals surface area contributed by atoms with Crippen LogP contribution in [0.5, 0.6) is 5.75 Å². The van der Waals surface area contributed by atoms with E-state index in [0.29, 0.717) is 11.7 Å². The van der Waals surface area contributed by atoms with Crippen LogP contribution in [-0.2, 0) is 5.41 Å². The van der Waals surface area contributed by atoms with Gasteiger partial charge >= 0.3 is 0 Å². The van der Waals surface area contributed by atoms with E-state index in [1.165, 1.54) is 11.1 Å². The Kier molecular flexibility index (Phi) is 3.67. The maximum Gasteiger partial charge on any atom is 0.119 e. The molecule has 1 nitrogen and oxygen atoms in total. The lowest BCUT2D eigenvalue weighted by atomic mass is 9.78. The first kappa shape index (κ1) is 13.1. The van der Waals surface area contributed by atoms with E-state index in [0.717, 1.165) is 12.0 Å². The molecule has 0 radical (unpaired) electrons. The second-order valence-electron chi connectivity index (χ2n) is 5.62. The third kappa shape index (κ3) is 2.40. The molecule has 0 aliphatic carbocycles. The molecule has 0 unspecified atom stereocenters. The van der Waals surface area contributed by atoms with Crippen molar-refractivity contribution in [3.8, 4) is 5.75 Å². The monoisotopic (exact) mass is 220 g/mol. The Hall–Kier alpha value is -0.980. The summed E-state index contributed by atoms with van der Waals surface area (Å²) in [7, 11) is 0. The Morgan fingerprint density at radius 3 is 2.25 bits per heavy atom. The molecule has 0 saturated heterocycles. The van der Waals surface area contributed by atoms with Crippen LogP contribution in [-0.4, -0.2) is 5.11 Å². The molecular formula is C15H24O. The van der Waals surface area contributed by atoms with E-state index in [2.05, 4.69) is 47.6 Å². The normalized spacial score (nSPS) is 12.2. The van der Waals surface area contributed by atoms with Gasteiger partial charge in [-0.1, -0.05) is 40.7 Å². The van der Waals surface area contributed by atoms with Crippen LogP contribution in [0, 0.1) is 6.92 Å². The molecule has 1 N–H and O–H groups in total. The summed E-state index contributed by atoms with van der Waals surface area (Å²) in [6.45, 7) is 13.0. The Labute approximate surface area is 99.5 Å². The average molecular weight is 220 g/mol. The molecule has 0 saturated carbocycles. The zero-order valence-corrected chi connectivity index (χ0v) is 11.4. The summed E-state index contributed by atoms with van der Waals surface area (Å²) >= 11 is 0. The van der Waals surface area contributed by atoms with Crippen LogP contribution in [0.4, 0.5) is 0 Å². The van der Waals surface area contributed by atoms with Crippen LogP contribution in [0.3, 0.4) is 0 Å². The zero-order valence-electron chi connectivity index (χ0n) is 11.4. The van der Waals surface area contributed by atoms with Gasteiger partial charge < -0.3 is 5.11 Å². The SMILES string of the molecule is CCC(C)(C)c1cc(C(C)C)c(O)cc1C. The quantitative estimate of drug-likeness (QED) is 0.794. The number of phenolic OH excluding ortho intramolecular Hbond substituents is 1. The first-order valence-electron chi connectivity index (χ1n) is 6.13. The highest BCUT2D eigenvalue weighted by Gasteiger charge is 2.22. The minimum absolute atomic E-state index is 0.182. The molecule has 1 aromatic carbocycles. The molecule has 0 amide bonds. The van der Waals surface area contributed by atoms with E-state index in [4.69, 9.17) is 0 Å². The number of aryl methyl sites for hydroxylation is 1. The van der Waals surface area contributed by atoms with Crippen LogP contribution >= 0.6 is 0 Å². The number of hydrogen-bond acceptors (Lipinski definition) is 1. The van der Waals surface area contributed by atoms with Crippen LogP contribution in [0.2, 0.25) is 0 Å². The topological polar surface area (TPSA) is 20.2 Å². The molecule has 1 aromatic rings. The standard InChI is InChI=1S/C15H24O/c1-7-15(5,6)13-9-12(10(2)3)14(16)8-11(13)4/h8-10,16H,7H2,1-6H3. The van der Waals surface area contributed by atoms with E-state index in [1.54, 1.807) is 0 Å². The lowest BCUT2D eigenvalue weighted by Crippen LogP contribution is -2.17. The van der Waals surface area contributed by atoms with E-state index in [9.17, 15) is 5.11 Å². The van der Waals surface area contributed by atoms with Gasteiger partial charge in [-0.25, -0.2) is 0 Å². The van der Waals surface area contributed by atoms with E-state index < -0.39 is 0 Å². The molecule has 0 fully saturated rings. The molecular weight excluding hydrogens is 196 g/mol. The molecule has 0 heterocycles. The maximum atomic E-state index is 9.92. The highest BCUT2D eigenvalue weighted by atomic mass is 16.3. The molecule has 90 valence electrons. The Bertz CT molecular complexity index is 375. The summed E-state index contributed by atoms with van der Waals surface area (Å²) in [5.41, 5.74) is 3.79. The van der Waals surface area contributed by atoms with Gasteiger partial charge in [0.1, 0.15) is 5.75 Å². The summed E-state index contributed by atoms with van der Waals surface area (Å²) in [4.78, 5) is 0. The second kappa shape index (κ2) is 4.48. The summed E-state index contributed by atoms with van der Waals surface area (Å²) in [6.07, 6.45) is 1.11. The molecule has 1 heteroatoms. The fourth-order valence-electron chi connectivity index (χ4n) is 2.09. The minimum Gasteiger partial charge on any atom is -0.508 e. The molecule has 0 spiro atoms. The highest BCUT2D eigenvalue weighted by molar-refractivity contribution is 5.45. The number of phenols is 1. The zero-order chi connectivity index (χ0) is 12.5. The van der Waals surface area contributed by atoms with Gasteiger partial charge in [0, 0.05) is 0 Å². The first-order valence-corrected chi connectivity index (χ1v) is 6.13. The molecule has 16 heavy (non-hydrogen) atoms. The molecule has 0 aromatic heterocycles. The summed E-state index contributed by atoms with van der Waals surface area (Å²) in [6, 6.07) is 4.08. The Morgan fingerprint density at radius 2 is 1.81 bits per heavy atom. The van der Waals surface area contributed by atoms with Crippen molar-refractivity contribution >= 4 is 0 Å². The van der Waals surface area contributed by atoms with Crippen molar-refractivity contribution in [2.24, 2.45) is 0 Å². The fourth-order valence-corrected chi connectivity index (χ4v) is 2.09. The van der Waals surface area contributed by atoms with E-state index >= 15 is 0 Å². The third-order valence-corrected chi connectivity index (χ3v) is 3.61. The summed E-state index contributed by atoms with van der Waals surface area (Å²) in [5.74, 6) is 0.801. The van der Waals surface area contributed by atoms with E-state index in [-0.39, 0.29) is 5.41 Å². The van der Waals surface area contributed by atoms with Gasteiger partial charge in [-0.3, -0.25) is 0 Å². The Balaban J connectivity index is 3.36. The van der Waals surface area contributed by atoms with Crippen molar-refractivity contribution in [3.63, 3.8) is 0 Å². The van der Waals surface area contributed by atoms with Crippen molar-refractivity contribution in [1.82, 2.24) is 0 Å². The van der Waals surface area contributed by atoms with Crippen molar-refractivity contribution in [2.45, 2.75) is 59.3 Å². The number of aromatic hydroxyl groups is 1. The van der Waals surface area contributed by atoms with Gasteiger partial charge in [0.2, 0.25) is 0 Å². The molecule has 0 aliphatic heterocycles.